The second kappa shape index (κ2) is 7.15. The van der Waals surface area contributed by atoms with Crippen LogP contribution in [0.4, 0.5) is 5.69 Å². The van der Waals surface area contributed by atoms with Crippen molar-refractivity contribution in [1.82, 2.24) is 0 Å². The number of ether oxygens (including phenoxy) is 2. The van der Waals surface area contributed by atoms with Crippen molar-refractivity contribution in [3.8, 4) is 22.6 Å². The maximum Gasteiger partial charge on any atom is 0.314 e. The molecule has 4 rings (SSSR count). The highest BCUT2D eigenvalue weighted by Crippen LogP contribution is 2.37. The normalized spacial score (nSPS) is 11.5. The minimum Gasteiger partial charge on any atom is -0.496 e. The van der Waals surface area contributed by atoms with Gasteiger partial charge in [-0.25, -0.2) is 0 Å². The van der Waals surface area contributed by atoms with E-state index in [9.17, 15) is 14.9 Å². The number of Topliss-reactive ketones (excluding diaryl/α,β-unsaturated/α-hetero) is 1. The second-order valence-corrected chi connectivity index (χ2v) is 6.51. The van der Waals surface area contributed by atoms with Gasteiger partial charge >= 0.3 is 5.69 Å². The van der Waals surface area contributed by atoms with E-state index in [1.54, 1.807) is 12.1 Å². The lowest BCUT2D eigenvalue weighted by Gasteiger charge is -2.09. The summed E-state index contributed by atoms with van der Waals surface area (Å²) in [7, 11) is 1.43. The molecule has 6 nitrogen and oxygen atoms in total. The Hall–Kier alpha value is -3.67. The summed E-state index contributed by atoms with van der Waals surface area (Å²) >= 11 is 0. The zero-order chi connectivity index (χ0) is 19.7. The largest absolute Gasteiger partial charge is 0.496 e. The lowest BCUT2D eigenvalue weighted by molar-refractivity contribution is -0.385. The molecule has 0 saturated carbocycles. The standard InChI is InChI=1S/C22H17NO5/c1-27-17-8-9-22(20(12-17)23(25)26)28-13-21(24)16-7-6-15-10-14-4-2-3-5-18(14)19(15)11-16/h2-9,11-12H,10,13H2,1H3. The Kier molecular flexibility index (Phi) is 4.53. The minimum atomic E-state index is -0.561. The van der Waals surface area contributed by atoms with E-state index in [1.807, 2.05) is 30.3 Å². The van der Waals surface area contributed by atoms with Gasteiger partial charge in [0, 0.05) is 5.56 Å². The molecule has 0 radical (unpaired) electrons. The summed E-state index contributed by atoms with van der Waals surface area (Å²) in [6, 6.07) is 18.0. The first kappa shape index (κ1) is 17.7. The van der Waals surface area contributed by atoms with E-state index in [4.69, 9.17) is 9.47 Å². The van der Waals surface area contributed by atoms with Crippen LogP contribution in [0.25, 0.3) is 11.1 Å². The summed E-state index contributed by atoms with van der Waals surface area (Å²) in [5.41, 5.74) is 4.90. The highest BCUT2D eigenvalue weighted by Gasteiger charge is 2.21. The van der Waals surface area contributed by atoms with Crippen molar-refractivity contribution in [3.05, 3.63) is 87.5 Å². The van der Waals surface area contributed by atoms with Crippen molar-refractivity contribution >= 4 is 11.5 Å². The lowest BCUT2D eigenvalue weighted by atomic mass is 10.0. The molecular formula is C22H17NO5. The summed E-state index contributed by atoms with van der Waals surface area (Å²) in [4.78, 5) is 23.3. The smallest absolute Gasteiger partial charge is 0.314 e. The molecule has 0 bridgehead atoms. The highest BCUT2D eigenvalue weighted by molar-refractivity contribution is 5.99. The monoisotopic (exact) mass is 375 g/mol. The number of carbonyl (C=O) groups excluding carboxylic acids is 1. The van der Waals surface area contributed by atoms with Gasteiger partial charge in [0.2, 0.25) is 0 Å². The molecule has 1 aliphatic carbocycles. The Labute approximate surface area is 161 Å². The molecule has 1 aliphatic rings. The number of rotatable bonds is 6. The van der Waals surface area contributed by atoms with Crippen molar-refractivity contribution in [3.63, 3.8) is 0 Å². The Morgan fingerprint density at radius 3 is 2.61 bits per heavy atom. The van der Waals surface area contributed by atoms with Crippen LogP contribution < -0.4 is 9.47 Å². The Balaban J connectivity index is 1.54. The quantitative estimate of drug-likeness (QED) is 0.283. The molecule has 0 fully saturated rings. The van der Waals surface area contributed by atoms with Crippen molar-refractivity contribution in [2.45, 2.75) is 6.42 Å². The van der Waals surface area contributed by atoms with E-state index in [-0.39, 0.29) is 23.8 Å². The molecule has 0 spiro atoms. The SMILES string of the molecule is COc1ccc(OCC(=O)c2ccc3c(c2)-c2ccccc2C3)c([N+](=O)[O-])c1. The summed E-state index contributed by atoms with van der Waals surface area (Å²) in [6.07, 6.45) is 0.856. The number of hydrogen-bond acceptors (Lipinski definition) is 5. The van der Waals surface area contributed by atoms with Crippen molar-refractivity contribution in [1.29, 1.82) is 0 Å². The second-order valence-electron chi connectivity index (χ2n) is 6.51. The predicted molar refractivity (Wildman–Crippen MR) is 104 cm³/mol. The molecule has 28 heavy (non-hydrogen) atoms. The molecule has 0 amide bonds. The number of methoxy groups -OCH3 is 1. The summed E-state index contributed by atoms with van der Waals surface area (Å²) < 4.78 is 10.5. The van der Waals surface area contributed by atoms with E-state index in [0.29, 0.717) is 11.3 Å². The predicted octanol–water partition coefficient (Wildman–Crippen LogP) is 4.44. The third-order valence-electron chi connectivity index (χ3n) is 4.84. The van der Waals surface area contributed by atoms with E-state index < -0.39 is 4.92 Å². The van der Waals surface area contributed by atoms with E-state index in [1.165, 1.54) is 30.4 Å². The minimum absolute atomic E-state index is 0.0330. The van der Waals surface area contributed by atoms with Gasteiger partial charge in [-0.05, 0) is 46.9 Å². The van der Waals surface area contributed by atoms with Crippen molar-refractivity contribution in [2.75, 3.05) is 13.7 Å². The molecule has 6 heteroatoms. The first-order chi connectivity index (χ1) is 13.6. The molecule has 0 atom stereocenters. The Morgan fingerprint density at radius 2 is 1.82 bits per heavy atom. The van der Waals surface area contributed by atoms with E-state index in [2.05, 4.69) is 6.07 Å². The van der Waals surface area contributed by atoms with Gasteiger partial charge in [-0.1, -0.05) is 36.4 Å². The molecule has 0 heterocycles. The van der Waals surface area contributed by atoms with Gasteiger partial charge in [0.05, 0.1) is 18.1 Å². The number of nitro groups is 1. The van der Waals surface area contributed by atoms with E-state index >= 15 is 0 Å². The van der Waals surface area contributed by atoms with Gasteiger partial charge in [-0.3, -0.25) is 14.9 Å². The molecule has 0 unspecified atom stereocenters. The number of ketones is 1. The third-order valence-corrected chi connectivity index (χ3v) is 4.84. The van der Waals surface area contributed by atoms with Crippen LogP contribution in [0, 0.1) is 10.1 Å². The van der Waals surface area contributed by atoms with Gasteiger partial charge in [0.15, 0.2) is 18.1 Å². The fourth-order valence-corrected chi connectivity index (χ4v) is 3.41. The summed E-state index contributed by atoms with van der Waals surface area (Å²) in [5.74, 6) is 0.144. The number of nitro benzene ring substituents is 1. The average molecular weight is 375 g/mol. The van der Waals surface area contributed by atoms with Gasteiger partial charge < -0.3 is 9.47 Å². The van der Waals surface area contributed by atoms with Gasteiger partial charge in [0.1, 0.15) is 5.75 Å². The first-order valence-corrected chi connectivity index (χ1v) is 8.76. The third kappa shape index (κ3) is 3.20. The van der Waals surface area contributed by atoms with Crippen LogP contribution in [0.15, 0.2) is 60.7 Å². The first-order valence-electron chi connectivity index (χ1n) is 8.76. The van der Waals surface area contributed by atoms with Crippen LogP contribution in [-0.2, 0) is 6.42 Å². The zero-order valence-electron chi connectivity index (χ0n) is 15.2. The fourth-order valence-electron chi connectivity index (χ4n) is 3.41. The average Bonchev–Trinajstić information content (AvgIpc) is 3.09. The molecule has 0 aliphatic heterocycles. The number of hydrogen-bond donors (Lipinski definition) is 0. The van der Waals surface area contributed by atoms with Crippen LogP contribution in [0.5, 0.6) is 11.5 Å². The Morgan fingerprint density at radius 1 is 1.04 bits per heavy atom. The zero-order valence-corrected chi connectivity index (χ0v) is 15.2. The van der Waals surface area contributed by atoms with Crippen LogP contribution in [0.2, 0.25) is 0 Å². The van der Waals surface area contributed by atoms with Crippen LogP contribution in [0.3, 0.4) is 0 Å². The fraction of sp³-hybridized carbons (Fsp3) is 0.136. The lowest BCUT2D eigenvalue weighted by Crippen LogP contribution is -2.12. The van der Waals surface area contributed by atoms with Gasteiger partial charge in [-0.2, -0.15) is 0 Å². The van der Waals surface area contributed by atoms with Gasteiger partial charge in [-0.15, -0.1) is 0 Å². The molecule has 3 aromatic carbocycles. The van der Waals surface area contributed by atoms with Crippen LogP contribution in [-0.4, -0.2) is 24.4 Å². The van der Waals surface area contributed by atoms with Gasteiger partial charge in [0.25, 0.3) is 0 Å². The van der Waals surface area contributed by atoms with Crippen molar-refractivity contribution in [2.24, 2.45) is 0 Å². The number of fused-ring (bicyclic) bond motifs is 3. The Bertz CT molecular complexity index is 1090. The van der Waals surface area contributed by atoms with Crippen LogP contribution >= 0.6 is 0 Å². The molecular weight excluding hydrogens is 358 g/mol. The molecule has 140 valence electrons. The summed E-state index contributed by atoms with van der Waals surface area (Å²) in [6.45, 7) is -0.284. The molecule has 3 aromatic rings. The number of carbonyl (C=O) groups is 1. The molecule has 0 saturated heterocycles. The number of benzene rings is 3. The maximum absolute atomic E-state index is 12.6. The molecule has 0 N–H and O–H groups in total. The highest BCUT2D eigenvalue weighted by atomic mass is 16.6. The molecule has 0 aromatic heterocycles. The van der Waals surface area contributed by atoms with Crippen molar-refractivity contribution < 1.29 is 19.2 Å². The van der Waals surface area contributed by atoms with Crippen LogP contribution in [0.1, 0.15) is 21.5 Å². The topological polar surface area (TPSA) is 78.7 Å². The number of nitrogens with zero attached hydrogens (tertiary/aromatic N) is 1. The summed E-state index contributed by atoms with van der Waals surface area (Å²) in [5, 5.41) is 11.2. The maximum atomic E-state index is 12.6. The van der Waals surface area contributed by atoms with E-state index in [0.717, 1.165) is 17.5 Å².